The molecule has 184 valence electrons. The minimum Gasteiger partial charge on any atom is -0.486 e. The molecule has 0 amide bonds. The van der Waals surface area contributed by atoms with Crippen LogP contribution in [0.4, 0.5) is 0 Å². The molecular weight excluding hydrogens is 470 g/mol. The molecule has 3 heterocycles. The van der Waals surface area contributed by atoms with Crippen molar-refractivity contribution in [2.24, 2.45) is 0 Å². The third-order valence-electron chi connectivity index (χ3n) is 6.57. The van der Waals surface area contributed by atoms with E-state index in [0.717, 1.165) is 16.9 Å². The van der Waals surface area contributed by atoms with Crippen LogP contribution in [0.1, 0.15) is 41.4 Å². The fraction of sp³-hybridized carbons (Fsp3) is 0.385. The number of benzene rings is 2. The molecule has 0 aliphatic carbocycles. The molecule has 9 heteroatoms. The molecular formula is C26H28ClN3O5. The molecule has 2 aliphatic heterocycles. The predicted octanol–water partition coefficient (Wildman–Crippen LogP) is 3.96. The maximum absolute atomic E-state index is 12.7. The first-order valence-corrected chi connectivity index (χ1v) is 12.2. The van der Waals surface area contributed by atoms with E-state index in [1.54, 1.807) is 29.9 Å². The van der Waals surface area contributed by atoms with Gasteiger partial charge in [-0.3, -0.25) is 4.90 Å². The van der Waals surface area contributed by atoms with Gasteiger partial charge in [-0.25, -0.2) is 9.48 Å². The van der Waals surface area contributed by atoms with Gasteiger partial charge in [0.05, 0.1) is 29.8 Å². The SMILES string of the molecule is CCOC(=O)c1cnn(-c2ccc3c(c2)OCCO3)c1CN1CCC(O)(c2ccc(Cl)cc2)CC1. The summed E-state index contributed by atoms with van der Waals surface area (Å²) in [7, 11) is 0. The number of hydrogen-bond acceptors (Lipinski definition) is 7. The number of likely N-dealkylation sites (tertiary alicyclic amines) is 1. The zero-order valence-corrected chi connectivity index (χ0v) is 20.3. The van der Waals surface area contributed by atoms with Crippen molar-refractivity contribution in [1.29, 1.82) is 0 Å². The highest BCUT2D eigenvalue weighted by atomic mass is 35.5. The standard InChI is InChI=1S/C26H28ClN3O5/c1-2-33-25(31)21-16-28-30(20-7-8-23-24(15-20)35-14-13-34-23)22(21)17-29-11-9-26(32,10-12-29)18-3-5-19(27)6-4-18/h3-8,15-16,32H,2,9-14,17H2,1H3. The molecule has 0 atom stereocenters. The summed E-state index contributed by atoms with van der Waals surface area (Å²) in [6, 6.07) is 13.0. The van der Waals surface area contributed by atoms with Gasteiger partial charge < -0.3 is 19.3 Å². The van der Waals surface area contributed by atoms with Gasteiger partial charge in [0.15, 0.2) is 11.5 Å². The van der Waals surface area contributed by atoms with Crippen LogP contribution in [0.15, 0.2) is 48.7 Å². The lowest BCUT2D eigenvalue weighted by Crippen LogP contribution is -2.42. The Labute approximate surface area is 209 Å². The Balaban J connectivity index is 1.39. The van der Waals surface area contributed by atoms with E-state index in [0.29, 0.717) is 67.8 Å². The molecule has 0 spiro atoms. The van der Waals surface area contributed by atoms with Crippen LogP contribution in [0.25, 0.3) is 5.69 Å². The molecule has 35 heavy (non-hydrogen) atoms. The molecule has 0 bridgehead atoms. The summed E-state index contributed by atoms with van der Waals surface area (Å²) < 4.78 is 18.4. The Bertz CT molecular complexity index is 1200. The van der Waals surface area contributed by atoms with Crippen molar-refractivity contribution in [3.63, 3.8) is 0 Å². The van der Waals surface area contributed by atoms with Crippen LogP contribution in [-0.2, 0) is 16.9 Å². The highest BCUT2D eigenvalue weighted by Gasteiger charge is 2.35. The quantitative estimate of drug-likeness (QED) is 0.516. The van der Waals surface area contributed by atoms with Crippen LogP contribution in [0.3, 0.4) is 0 Å². The maximum Gasteiger partial charge on any atom is 0.341 e. The molecule has 0 saturated carbocycles. The fourth-order valence-corrected chi connectivity index (χ4v) is 4.76. The Hall–Kier alpha value is -3.07. The van der Waals surface area contributed by atoms with Gasteiger partial charge in [-0.05, 0) is 49.6 Å². The highest BCUT2D eigenvalue weighted by Crippen LogP contribution is 2.35. The lowest BCUT2D eigenvalue weighted by molar-refractivity contribution is -0.0281. The number of aliphatic hydroxyl groups is 1. The van der Waals surface area contributed by atoms with Gasteiger partial charge >= 0.3 is 5.97 Å². The molecule has 2 aromatic carbocycles. The third-order valence-corrected chi connectivity index (χ3v) is 6.82. The van der Waals surface area contributed by atoms with Gasteiger partial charge in [0.25, 0.3) is 0 Å². The zero-order chi connectivity index (χ0) is 24.4. The smallest absolute Gasteiger partial charge is 0.341 e. The number of aromatic nitrogens is 2. The van der Waals surface area contributed by atoms with E-state index in [4.69, 9.17) is 25.8 Å². The van der Waals surface area contributed by atoms with Crippen molar-refractivity contribution in [3.05, 3.63) is 70.5 Å². The second-order valence-electron chi connectivity index (χ2n) is 8.78. The summed E-state index contributed by atoms with van der Waals surface area (Å²) in [5.74, 6) is 0.941. The minimum atomic E-state index is -0.902. The summed E-state index contributed by atoms with van der Waals surface area (Å²) in [4.78, 5) is 14.9. The number of carbonyl (C=O) groups excluding carboxylic acids is 1. The predicted molar refractivity (Wildman–Crippen MR) is 130 cm³/mol. The number of carbonyl (C=O) groups is 1. The van der Waals surface area contributed by atoms with Crippen LogP contribution in [-0.4, -0.2) is 58.7 Å². The molecule has 8 nitrogen and oxygen atoms in total. The molecule has 1 aromatic heterocycles. The van der Waals surface area contributed by atoms with Crippen LogP contribution in [0.2, 0.25) is 5.02 Å². The van der Waals surface area contributed by atoms with E-state index in [1.807, 2.05) is 30.3 Å². The second kappa shape index (κ2) is 9.89. The lowest BCUT2D eigenvalue weighted by Gasteiger charge is -2.38. The second-order valence-corrected chi connectivity index (χ2v) is 9.22. The maximum atomic E-state index is 12.7. The van der Waals surface area contributed by atoms with Crippen LogP contribution in [0, 0.1) is 0 Å². The topological polar surface area (TPSA) is 86.0 Å². The van der Waals surface area contributed by atoms with Crippen molar-refractivity contribution in [2.45, 2.75) is 31.9 Å². The molecule has 0 radical (unpaired) electrons. The molecule has 0 unspecified atom stereocenters. The van der Waals surface area contributed by atoms with Gasteiger partial charge in [-0.1, -0.05) is 23.7 Å². The van der Waals surface area contributed by atoms with Crippen molar-refractivity contribution in [1.82, 2.24) is 14.7 Å². The number of fused-ring (bicyclic) bond motifs is 1. The Kier molecular flexibility index (Phi) is 6.69. The molecule has 1 fully saturated rings. The normalized spacial score (nSPS) is 17.2. The van der Waals surface area contributed by atoms with Gasteiger partial charge in [0.1, 0.15) is 18.8 Å². The Morgan fingerprint density at radius 1 is 1.11 bits per heavy atom. The van der Waals surface area contributed by atoms with E-state index in [-0.39, 0.29) is 6.61 Å². The van der Waals surface area contributed by atoms with E-state index < -0.39 is 11.6 Å². The highest BCUT2D eigenvalue weighted by molar-refractivity contribution is 6.30. The van der Waals surface area contributed by atoms with Crippen molar-refractivity contribution >= 4 is 17.6 Å². The van der Waals surface area contributed by atoms with Gasteiger partial charge in [0, 0.05) is 30.7 Å². The summed E-state index contributed by atoms with van der Waals surface area (Å²) in [6.45, 7) is 4.88. The first kappa shape index (κ1) is 23.7. The van der Waals surface area contributed by atoms with Gasteiger partial charge in [0.2, 0.25) is 0 Å². The number of piperidine rings is 1. The summed E-state index contributed by atoms with van der Waals surface area (Å²) in [5, 5.41) is 16.4. The van der Waals surface area contributed by atoms with Gasteiger partial charge in [-0.2, -0.15) is 5.10 Å². The largest absolute Gasteiger partial charge is 0.486 e. The van der Waals surface area contributed by atoms with Crippen molar-refractivity contribution in [2.75, 3.05) is 32.9 Å². The molecule has 5 rings (SSSR count). The lowest BCUT2D eigenvalue weighted by atomic mass is 9.84. The van der Waals surface area contributed by atoms with Crippen molar-refractivity contribution in [3.8, 4) is 17.2 Å². The monoisotopic (exact) mass is 497 g/mol. The van der Waals surface area contributed by atoms with E-state index in [1.165, 1.54) is 0 Å². The average molecular weight is 498 g/mol. The number of ether oxygens (including phenoxy) is 3. The van der Waals surface area contributed by atoms with E-state index in [2.05, 4.69) is 10.00 Å². The first-order valence-electron chi connectivity index (χ1n) is 11.8. The van der Waals surface area contributed by atoms with E-state index in [9.17, 15) is 9.90 Å². The zero-order valence-electron chi connectivity index (χ0n) is 19.6. The Morgan fingerprint density at radius 3 is 2.54 bits per heavy atom. The van der Waals surface area contributed by atoms with E-state index >= 15 is 0 Å². The van der Waals surface area contributed by atoms with Gasteiger partial charge in [-0.15, -0.1) is 0 Å². The summed E-state index contributed by atoms with van der Waals surface area (Å²) in [6.07, 6.45) is 2.70. The molecule has 1 saturated heterocycles. The third kappa shape index (κ3) is 4.87. The minimum absolute atomic E-state index is 0.283. The van der Waals surface area contributed by atoms with Crippen molar-refractivity contribution < 1.29 is 24.1 Å². The number of rotatable bonds is 6. The molecule has 3 aromatic rings. The molecule has 2 aliphatic rings. The number of nitrogens with zero attached hydrogens (tertiary/aromatic N) is 3. The summed E-state index contributed by atoms with van der Waals surface area (Å²) in [5.41, 5.74) is 1.91. The molecule has 1 N–H and O–H groups in total. The fourth-order valence-electron chi connectivity index (χ4n) is 4.63. The number of halogens is 1. The van der Waals surface area contributed by atoms with Crippen LogP contribution in [0.5, 0.6) is 11.5 Å². The Morgan fingerprint density at radius 2 is 1.83 bits per heavy atom. The number of hydrogen-bond donors (Lipinski definition) is 1. The summed E-state index contributed by atoms with van der Waals surface area (Å²) >= 11 is 6.02. The van der Waals surface area contributed by atoms with Crippen LogP contribution < -0.4 is 9.47 Å². The number of esters is 1. The van der Waals surface area contributed by atoms with Crippen LogP contribution >= 0.6 is 11.6 Å². The first-order chi connectivity index (χ1) is 17.0. The average Bonchev–Trinajstić information content (AvgIpc) is 3.29.